The number of piperazine rings is 1. The van der Waals surface area contributed by atoms with E-state index in [0.717, 1.165) is 5.56 Å². The van der Waals surface area contributed by atoms with Gasteiger partial charge in [-0.05, 0) is 43.8 Å². The van der Waals surface area contributed by atoms with E-state index >= 15 is 0 Å². The lowest BCUT2D eigenvalue weighted by molar-refractivity contribution is -0.114. The smallest absolute Gasteiger partial charge is 0.243 e. The van der Waals surface area contributed by atoms with E-state index < -0.39 is 10.0 Å². The number of amides is 1. The first kappa shape index (κ1) is 19.5. The number of hydrogen-bond acceptors (Lipinski definition) is 4. The first-order valence-corrected chi connectivity index (χ1v) is 10.4. The Morgan fingerprint density at radius 1 is 1.04 bits per heavy atom. The Balaban J connectivity index is 1.81. The quantitative estimate of drug-likeness (QED) is 0.876. The number of nitrogens with zero attached hydrogens (tertiary/aromatic N) is 2. The molecule has 0 unspecified atom stereocenters. The molecule has 1 amide bonds. The van der Waals surface area contributed by atoms with Gasteiger partial charge in [-0.1, -0.05) is 29.8 Å². The molecule has 1 aliphatic heterocycles. The highest BCUT2D eigenvalue weighted by Gasteiger charge is 2.33. The summed E-state index contributed by atoms with van der Waals surface area (Å²) in [5, 5.41) is 2.65. The lowest BCUT2D eigenvalue weighted by Crippen LogP contribution is -2.48. The molecule has 0 bridgehead atoms. The zero-order valence-corrected chi connectivity index (χ0v) is 16.7. The molecule has 7 heteroatoms. The van der Waals surface area contributed by atoms with Gasteiger partial charge in [0.05, 0.1) is 4.90 Å². The Hall–Kier alpha value is -2.22. The highest BCUT2D eigenvalue weighted by Crippen LogP contribution is 2.28. The van der Waals surface area contributed by atoms with Crippen LogP contribution in [-0.2, 0) is 14.8 Å². The van der Waals surface area contributed by atoms with Crippen LogP contribution < -0.4 is 5.32 Å². The van der Waals surface area contributed by atoms with Crippen LogP contribution in [0, 0.1) is 6.92 Å². The van der Waals surface area contributed by atoms with E-state index in [2.05, 4.69) is 34.5 Å². The zero-order valence-electron chi connectivity index (χ0n) is 15.8. The van der Waals surface area contributed by atoms with Crippen LogP contribution in [0.4, 0.5) is 5.69 Å². The molecule has 1 atom stereocenters. The third-order valence-electron chi connectivity index (χ3n) is 4.89. The van der Waals surface area contributed by atoms with Crippen molar-refractivity contribution < 1.29 is 13.2 Å². The van der Waals surface area contributed by atoms with Gasteiger partial charge in [-0.25, -0.2) is 8.42 Å². The van der Waals surface area contributed by atoms with Gasteiger partial charge in [0.25, 0.3) is 0 Å². The molecule has 1 N–H and O–H groups in total. The predicted octanol–water partition coefficient (Wildman–Crippen LogP) is 2.63. The summed E-state index contributed by atoms with van der Waals surface area (Å²) in [6, 6.07) is 14.6. The molecule has 1 fully saturated rings. The van der Waals surface area contributed by atoms with Crippen LogP contribution in [0.3, 0.4) is 0 Å². The number of hydrogen-bond donors (Lipinski definition) is 1. The Kier molecular flexibility index (Phi) is 5.64. The van der Waals surface area contributed by atoms with Gasteiger partial charge in [-0.3, -0.25) is 9.69 Å². The van der Waals surface area contributed by atoms with Gasteiger partial charge < -0.3 is 5.32 Å². The SMILES string of the molecule is CC(=O)Nc1ccc(S(=O)(=O)N2CCN(C)[C@H](c3ccc(C)cc3)C2)cc1. The molecular weight excluding hydrogens is 362 g/mol. The first-order valence-electron chi connectivity index (χ1n) is 8.92. The molecule has 1 aliphatic rings. The van der Waals surface area contributed by atoms with Gasteiger partial charge in [0.15, 0.2) is 0 Å². The maximum absolute atomic E-state index is 13.1. The summed E-state index contributed by atoms with van der Waals surface area (Å²) >= 11 is 0. The normalized spacial score (nSPS) is 19.0. The minimum atomic E-state index is -3.59. The third kappa shape index (κ3) is 4.37. The van der Waals surface area contributed by atoms with Gasteiger partial charge in [0, 0.05) is 38.3 Å². The number of carbonyl (C=O) groups is 1. The second-order valence-electron chi connectivity index (χ2n) is 6.98. The molecule has 3 rings (SSSR count). The predicted molar refractivity (Wildman–Crippen MR) is 106 cm³/mol. The molecule has 2 aromatic carbocycles. The number of benzene rings is 2. The Morgan fingerprint density at radius 3 is 2.26 bits per heavy atom. The first-order chi connectivity index (χ1) is 12.8. The third-order valence-corrected chi connectivity index (χ3v) is 6.76. The van der Waals surface area contributed by atoms with Gasteiger partial charge in [-0.2, -0.15) is 4.31 Å². The average molecular weight is 388 g/mol. The Morgan fingerprint density at radius 2 is 1.67 bits per heavy atom. The fourth-order valence-corrected chi connectivity index (χ4v) is 4.72. The summed E-state index contributed by atoms with van der Waals surface area (Å²) in [5.41, 5.74) is 2.88. The van der Waals surface area contributed by atoms with Crippen LogP contribution in [0.1, 0.15) is 24.1 Å². The van der Waals surface area contributed by atoms with Crippen LogP contribution in [0.15, 0.2) is 53.4 Å². The molecule has 0 spiro atoms. The molecule has 1 heterocycles. The van der Waals surface area contributed by atoms with Crippen molar-refractivity contribution in [3.8, 4) is 0 Å². The number of sulfonamides is 1. The van der Waals surface area contributed by atoms with Crippen LogP contribution in [0.5, 0.6) is 0 Å². The van der Waals surface area contributed by atoms with E-state index in [-0.39, 0.29) is 16.8 Å². The Bertz CT molecular complexity index is 908. The van der Waals surface area contributed by atoms with E-state index in [1.54, 1.807) is 28.6 Å². The maximum atomic E-state index is 13.1. The maximum Gasteiger partial charge on any atom is 0.243 e. The molecule has 144 valence electrons. The molecule has 27 heavy (non-hydrogen) atoms. The van der Waals surface area contributed by atoms with Crippen molar-refractivity contribution in [2.75, 3.05) is 32.0 Å². The van der Waals surface area contributed by atoms with Crippen LogP contribution >= 0.6 is 0 Å². The number of nitrogens with one attached hydrogen (secondary N) is 1. The summed E-state index contributed by atoms with van der Waals surface area (Å²) in [4.78, 5) is 13.6. The van der Waals surface area contributed by atoms with Crippen LogP contribution in [0.25, 0.3) is 0 Å². The van der Waals surface area contributed by atoms with Crippen molar-refractivity contribution in [1.29, 1.82) is 0 Å². The van der Waals surface area contributed by atoms with Gasteiger partial charge >= 0.3 is 0 Å². The molecule has 0 saturated carbocycles. The van der Waals surface area contributed by atoms with Crippen LogP contribution in [0.2, 0.25) is 0 Å². The lowest BCUT2D eigenvalue weighted by Gasteiger charge is -2.39. The number of carbonyl (C=O) groups excluding carboxylic acids is 1. The molecule has 6 nitrogen and oxygen atoms in total. The standard InChI is InChI=1S/C20H25N3O3S/c1-15-4-6-17(7-5-15)20-14-23(13-12-22(20)3)27(25,26)19-10-8-18(9-11-19)21-16(2)24/h4-11,20H,12-14H2,1-3H3,(H,21,24)/t20-/m0/s1. The number of likely N-dealkylation sites (N-methyl/N-ethyl adjacent to an activating group) is 1. The fourth-order valence-electron chi connectivity index (χ4n) is 3.28. The largest absolute Gasteiger partial charge is 0.326 e. The van der Waals surface area contributed by atoms with Crippen molar-refractivity contribution in [2.45, 2.75) is 24.8 Å². The van der Waals surface area contributed by atoms with Crippen LogP contribution in [-0.4, -0.2) is 50.2 Å². The number of anilines is 1. The minimum Gasteiger partial charge on any atom is -0.326 e. The molecule has 0 aliphatic carbocycles. The van der Waals surface area contributed by atoms with E-state index in [0.29, 0.717) is 25.3 Å². The van der Waals surface area contributed by atoms with Crippen molar-refractivity contribution in [1.82, 2.24) is 9.21 Å². The van der Waals surface area contributed by atoms with E-state index in [1.807, 2.05) is 14.0 Å². The summed E-state index contributed by atoms with van der Waals surface area (Å²) in [6.07, 6.45) is 0. The minimum absolute atomic E-state index is 0.0211. The summed E-state index contributed by atoms with van der Waals surface area (Å²) in [7, 11) is -1.56. The summed E-state index contributed by atoms with van der Waals surface area (Å²) in [6.45, 7) is 4.99. The van der Waals surface area contributed by atoms with Crippen molar-refractivity contribution >= 4 is 21.6 Å². The topological polar surface area (TPSA) is 69.7 Å². The monoisotopic (exact) mass is 387 g/mol. The zero-order chi connectivity index (χ0) is 19.6. The summed E-state index contributed by atoms with van der Waals surface area (Å²) in [5.74, 6) is -0.189. The fraction of sp³-hybridized carbons (Fsp3) is 0.350. The van der Waals surface area contributed by atoms with E-state index in [4.69, 9.17) is 0 Å². The second kappa shape index (κ2) is 7.80. The number of rotatable bonds is 4. The van der Waals surface area contributed by atoms with Gasteiger partial charge in [-0.15, -0.1) is 0 Å². The van der Waals surface area contributed by atoms with Crippen molar-refractivity contribution in [2.24, 2.45) is 0 Å². The molecular formula is C20H25N3O3S. The van der Waals surface area contributed by atoms with Crippen molar-refractivity contribution in [3.63, 3.8) is 0 Å². The van der Waals surface area contributed by atoms with Gasteiger partial charge in [0.2, 0.25) is 15.9 Å². The Labute approximate surface area is 160 Å². The highest BCUT2D eigenvalue weighted by molar-refractivity contribution is 7.89. The average Bonchev–Trinajstić information content (AvgIpc) is 2.63. The second-order valence-corrected chi connectivity index (χ2v) is 8.91. The molecule has 0 aromatic heterocycles. The molecule has 0 radical (unpaired) electrons. The number of aryl methyl sites for hydroxylation is 1. The van der Waals surface area contributed by atoms with Crippen molar-refractivity contribution in [3.05, 3.63) is 59.7 Å². The van der Waals surface area contributed by atoms with E-state index in [9.17, 15) is 13.2 Å². The molecule has 1 saturated heterocycles. The summed E-state index contributed by atoms with van der Waals surface area (Å²) < 4.78 is 27.7. The lowest BCUT2D eigenvalue weighted by atomic mass is 10.0. The highest BCUT2D eigenvalue weighted by atomic mass is 32.2. The van der Waals surface area contributed by atoms with E-state index in [1.165, 1.54) is 12.5 Å². The van der Waals surface area contributed by atoms with Gasteiger partial charge in [0.1, 0.15) is 0 Å². The molecule has 2 aromatic rings.